The van der Waals surface area contributed by atoms with Crippen molar-refractivity contribution in [1.82, 2.24) is 15.2 Å². The lowest BCUT2D eigenvalue weighted by Crippen LogP contribution is -2.41. The Morgan fingerprint density at radius 3 is 2.50 bits per heavy atom. The number of amides is 2. The molecule has 2 aromatic rings. The van der Waals surface area contributed by atoms with Crippen molar-refractivity contribution in [2.24, 2.45) is 7.05 Å². The highest BCUT2D eigenvalue weighted by atomic mass is 35.5. The Labute approximate surface area is 177 Å². The molecule has 2 fully saturated rings. The van der Waals surface area contributed by atoms with Crippen molar-refractivity contribution in [3.63, 3.8) is 0 Å². The Hall–Kier alpha value is -1.76. The molecule has 1 atom stereocenters. The van der Waals surface area contributed by atoms with Crippen molar-refractivity contribution in [1.29, 1.82) is 0 Å². The third-order valence-electron chi connectivity index (χ3n) is 5.88. The number of carbonyl (C=O) groups excluding carboxylic acids is 2. The molecule has 6 nitrogen and oxygen atoms in total. The first-order valence-corrected chi connectivity index (χ1v) is 9.41. The Morgan fingerprint density at radius 1 is 1.11 bits per heavy atom. The molecule has 8 heteroatoms. The molecule has 28 heavy (non-hydrogen) atoms. The zero-order valence-corrected chi connectivity index (χ0v) is 17.9. The first-order chi connectivity index (χ1) is 12.5. The van der Waals surface area contributed by atoms with Crippen molar-refractivity contribution < 1.29 is 9.59 Å². The number of imide groups is 1. The molecule has 154 valence electrons. The summed E-state index contributed by atoms with van der Waals surface area (Å²) in [6, 6.07) is 7.05. The summed E-state index contributed by atoms with van der Waals surface area (Å²) < 4.78 is 2.09. The topological polar surface area (TPSA) is 66.4 Å². The van der Waals surface area contributed by atoms with Gasteiger partial charge in [0.15, 0.2) is 0 Å². The smallest absolute Gasteiger partial charge is 0.234 e. The highest BCUT2D eigenvalue weighted by Gasteiger charge is 2.30. The van der Waals surface area contributed by atoms with Gasteiger partial charge >= 0.3 is 0 Å². The minimum absolute atomic E-state index is 0. The Bertz CT molecular complexity index is 861. The highest BCUT2D eigenvalue weighted by Crippen LogP contribution is 2.34. The van der Waals surface area contributed by atoms with Gasteiger partial charge in [-0.05, 0) is 50.0 Å². The number of rotatable bonds is 3. The lowest BCUT2D eigenvalue weighted by atomic mass is 9.90. The van der Waals surface area contributed by atoms with Gasteiger partial charge in [0.05, 0.1) is 11.4 Å². The molecule has 1 aromatic heterocycles. The third-order valence-corrected chi connectivity index (χ3v) is 5.88. The standard InChI is InChI=1S/C20H26N4O2.2ClH/c1-23-12-17(16-5-6-19(25)22-20(16)26)15-4-3-14(11-18(15)23)24(2)13-7-9-21-10-8-13;;/h3-4,11-13,16,21H,5-10H2,1-2H3,(H,22,25,26);2*1H. The molecule has 2 aliphatic rings. The Balaban J connectivity index is 0.00000140. The summed E-state index contributed by atoms with van der Waals surface area (Å²) in [7, 11) is 4.19. The highest BCUT2D eigenvalue weighted by molar-refractivity contribution is 6.03. The number of nitrogens with one attached hydrogen (secondary N) is 2. The van der Waals surface area contributed by atoms with E-state index in [9.17, 15) is 9.59 Å². The van der Waals surface area contributed by atoms with Gasteiger partial charge < -0.3 is 14.8 Å². The average molecular weight is 427 g/mol. The van der Waals surface area contributed by atoms with Crippen LogP contribution in [-0.2, 0) is 16.6 Å². The number of benzene rings is 1. The maximum absolute atomic E-state index is 12.3. The van der Waals surface area contributed by atoms with Gasteiger partial charge in [0.25, 0.3) is 0 Å². The number of halogens is 2. The fourth-order valence-corrected chi connectivity index (χ4v) is 4.30. The maximum Gasteiger partial charge on any atom is 0.234 e. The van der Waals surface area contributed by atoms with E-state index in [1.165, 1.54) is 5.69 Å². The largest absolute Gasteiger partial charge is 0.371 e. The summed E-state index contributed by atoms with van der Waals surface area (Å²) in [4.78, 5) is 26.1. The molecular weight excluding hydrogens is 399 g/mol. The van der Waals surface area contributed by atoms with Gasteiger partial charge in [0.1, 0.15) is 0 Å². The van der Waals surface area contributed by atoms with Crippen LogP contribution in [0, 0.1) is 0 Å². The average Bonchev–Trinajstić information content (AvgIpc) is 2.98. The lowest BCUT2D eigenvalue weighted by molar-refractivity contribution is -0.134. The summed E-state index contributed by atoms with van der Waals surface area (Å²) in [6.07, 6.45) is 5.34. The second kappa shape index (κ2) is 9.16. The normalized spacial score (nSPS) is 20.3. The van der Waals surface area contributed by atoms with Crippen molar-refractivity contribution >= 4 is 53.2 Å². The first-order valence-electron chi connectivity index (χ1n) is 9.41. The second-order valence-corrected chi connectivity index (χ2v) is 7.49. The van der Waals surface area contributed by atoms with Gasteiger partial charge in [-0.1, -0.05) is 6.07 Å². The van der Waals surface area contributed by atoms with E-state index in [0.717, 1.165) is 42.4 Å². The zero-order valence-electron chi connectivity index (χ0n) is 16.2. The molecule has 4 rings (SSSR count). The van der Waals surface area contributed by atoms with E-state index < -0.39 is 0 Å². The summed E-state index contributed by atoms with van der Waals surface area (Å²) in [5.41, 5.74) is 3.35. The molecule has 0 aliphatic carbocycles. The molecule has 3 heterocycles. The molecule has 0 bridgehead atoms. The quantitative estimate of drug-likeness (QED) is 0.740. The molecule has 0 radical (unpaired) electrons. The van der Waals surface area contributed by atoms with Crippen molar-refractivity contribution in [3.05, 3.63) is 30.0 Å². The Kier molecular flexibility index (Phi) is 7.37. The lowest BCUT2D eigenvalue weighted by Gasteiger charge is -2.33. The van der Waals surface area contributed by atoms with Crippen LogP contribution in [0.2, 0.25) is 0 Å². The van der Waals surface area contributed by atoms with Gasteiger partial charge in [0, 0.05) is 43.8 Å². The van der Waals surface area contributed by atoms with Gasteiger partial charge in [-0.3, -0.25) is 14.9 Å². The van der Waals surface area contributed by atoms with Crippen LogP contribution in [0.1, 0.15) is 37.2 Å². The predicted molar refractivity (Wildman–Crippen MR) is 117 cm³/mol. The van der Waals surface area contributed by atoms with Crippen LogP contribution in [0.3, 0.4) is 0 Å². The van der Waals surface area contributed by atoms with Gasteiger partial charge in [0.2, 0.25) is 11.8 Å². The number of hydrogen-bond donors (Lipinski definition) is 2. The van der Waals surface area contributed by atoms with Gasteiger partial charge in [-0.25, -0.2) is 0 Å². The maximum atomic E-state index is 12.3. The molecule has 2 amide bonds. The summed E-state index contributed by atoms with van der Waals surface area (Å²) in [5, 5.41) is 6.99. The van der Waals surface area contributed by atoms with Crippen LogP contribution in [0.15, 0.2) is 24.4 Å². The SMILES string of the molecule is CN(c1ccc2c(C3CCC(=O)NC3=O)cn(C)c2c1)C1CCNCC1.Cl.Cl. The number of aryl methyl sites for hydroxylation is 1. The molecular formula is C20H28Cl2N4O2. The van der Waals surface area contributed by atoms with E-state index in [1.807, 2.05) is 13.2 Å². The minimum Gasteiger partial charge on any atom is -0.371 e. The van der Waals surface area contributed by atoms with Crippen molar-refractivity contribution in [2.45, 2.75) is 37.6 Å². The zero-order chi connectivity index (χ0) is 18.3. The van der Waals surface area contributed by atoms with Gasteiger partial charge in [-0.15, -0.1) is 24.8 Å². The van der Waals surface area contributed by atoms with E-state index in [4.69, 9.17) is 0 Å². The molecule has 0 saturated carbocycles. The third kappa shape index (κ3) is 4.14. The fourth-order valence-electron chi connectivity index (χ4n) is 4.30. The van der Waals surface area contributed by atoms with Crippen LogP contribution in [0.5, 0.6) is 0 Å². The van der Waals surface area contributed by atoms with Crippen LogP contribution in [0.25, 0.3) is 10.9 Å². The summed E-state index contributed by atoms with van der Waals surface area (Å²) in [6.45, 7) is 2.14. The van der Waals surface area contributed by atoms with E-state index in [2.05, 4.69) is 45.3 Å². The predicted octanol–water partition coefficient (Wildman–Crippen LogP) is 2.73. The minimum atomic E-state index is -0.246. The first kappa shape index (κ1) is 22.5. The van der Waals surface area contributed by atoms with Crippen molar-refractivity contribution in [2.75, 3.05) is 25.0 Å². The fraction of sp³-hybridized carbons (Fsp3) is 0.500. The Morgan fingerprint density at radius 2 is 1.82 bits per heavy atom. The van der Waals surface area contributed by atoms with E-state index in [1.54, 1.807) is 0 Å². The summed E-state index contributed by atoms with van der Waals surface area (Å²) in [5.74, 6) is -0.591. The van der Waals surface area contributed by atoms with Crippen LogP contribution >= 0.6 is 24.8 Å². The molecule has 0 spiro atoms. The second-order valence-electron chi connectivity index (χ2n) is 7.49. The molecule has 2 aliphatic heterocycles. The molecule has 1 unspecified atom stereocenters. The molecule has 2 saturated heterocycles. The van der Waals surface area contributed by atoms with Crippen molar-refractivity contribution in [3.8, 4) is 0 Å². The van der Waals surface area contributed by atoms with E-state index in [0.29, 0.717) is 18.9 Å². The number of aromatic nitrogens is 1. The van der Waals surface area contributed by atoms with Crippen LogP contribution in [0.4, 0.5) is 5.69 Å². The number of nitrogens with zero attached hydrogens (tertiary/aromatic N) is 2. The molecule has 2 N–H and O–H groups in total. The number of piperidine rings is 2. The molecule has 1 aromatic carbocycles. The summed E-state index contributed by atoms with van der Waals surface area (Å²) >= 11 is 0. The number of fused-ring (bicyclic) bond motifs is 1. The van der Waals surface area contributed by atoms with Gasteiger partial charge in [-0.2, -0.15) is 0 Å². The van der Waals surface area contributed by atoms with E-state index in [-0.39, 0.29) is 42.5 Å². The van der Waals surface area contributed by atoms with E-state index >= 15 is 0 Å². The number of hydrogen-bond acceptors (Lipinski definition) is 4. The van der Waals surface area contributed by atoms with Crippen LogP contribution in [-0.4, -0.2) is 42.6 Å². The van der Waals surface area contributed by atoms with Crippen LogP contribution < -0.4 is 15.5 Å². The monoisotopic (exact) mass is 426 g/mol. The number of anilines is 1. The number of carbonyl (C=O) groups is 2.